The number of hydrogen-bond donors (Lipinski definition) is 2. The second kappa shape index (κ2) is 8.26. The molecule has 0 aliphatic carbocycles. The van der Waals surface area contributed by atoms with Gasteiger partial charge in [-0.1, -0.05) is 17.7 Å². The highest BCUT2D eigenvalue weighted by atomic mass is 19.4. The molecule has 3 N–H and O–H groups in total. The Kier molecular flexibility index (Phi) is 5.46. The third kappa shape index (κ3) is 4.47. The molecule has 0 aliphatic heterocycles. The molecule has 4 aromatic rings. The quantitative estimate of drug-likeness (QED) is 0.479. The van der Waals surface area contributed by atoms with Crippen LogP contribution in [0.25, 0.3) is 11.4 Å². The van der Waals surface area contributed by atoms with Crippen LogP contribution >= 0.6 is 0 Å². The van der Waals surface area contributed by atoms with E-state index in [-0.39, 0.29) is 17.1 Å². The minimum atomic E-state index is -4.81. The number of rotatable bonds is 5. The number of nitrogens with two attached hydrogens (primary N) is 1. The van der Waals surface area contributed by atoms with E-state index in [1.54, 1.807) is 24.3 Å². The van der Waals surface area contributed by atoms with Crippen molar-refractivity contribution in [3.63, 3.8) is 0 Å². The first kappa shape index (κ1) is 21.8. The molecule has 0 fully saturated rings. The van der Waals surface area contributed by atoms with Crippen LogP contribution in [0.3, 0.4) is 0 Å². The highest BCUT2D eigenvalue weighted by Crippen LogP contribution is 2.34. The number of carbonyl (C=O) groups is 2. The Hall–Kier alpha value is -4.41. The fourth-order valence-corrected chi connectivity index (χ4v) is 3.16. The van der Waals surface area contributed by atoms with Gasteiger partial charge in [-0.25, -0.2) is 9.36 Å². The average Bonchev–Trinajstić information content (AvgIpc) is 3.43. The number of alkyl halides is 3. The van der Waals surface area contributed by atoms with Gasteiger partial charge < -0.3 is 11.1 Å². The van der Waals surface area contributed by atoms with E-state index >= 15 is 0 Å². The van der Waals surface area contributed by atoms with E-state index in [4.69, 9.17) is 5.73 Å². The zero-order valence-corrected chi connectivity index (χ0v) is 17.2. The van der Waals surface area contributed by atoms with Crippen molar-refractivity contribution in [3.05, 3.63) is 89.5 Å². The molecule has 33 heavy (non-hydrogen) atoms. The molecule has 0 radical (unpaired) electrons. The summed E-state index contributed by atoms with van der Waals surface area (Å²) in [5.41, 5.74) is 5.37. The Morgan fingerprint density at radius 1 is 0.970 bits per heavy atom. The zero-order chi connectivity index (χ0) is 23.8. The summed E-state index contributed by atoms with van der Waals surface area (Å²) in [6.07, 6.45) is -2.39. The molecule has 0 unspecified atom stereocenters. The lowest BCUT2D eigenvalue weighted by molar-refractivity contribution is -0.143. The first-order chi connectivity index (χ1) is 15.6. The average molecular weight is 454 g/mol. The standard InChI is InChI=1S/C22H17F3N6O2/c1-13-2-6-16(7-3-13)31-19(22(23,24)25)17(12-27-31)21(33)28-14-4-8-15(9-5-14)30-11-10-18(29-30)20(26)32/h2-12H,1H3,(H2,26,32)(H,28,33). The molecule has 2 aromatic carbocycles. The van der Waals surface area contributed by atoms with E-state index in [0.717, 1.165) is 11.8 Å². The fourth-order valence-electron chi connectivity index (χ4n) is 3.16. The summed E-state index contributed by atoms with van der Waals surface area (Å²) in [4.78, 5) is 23.9. The Labute approximate surface area is 185 Å². The molecular formula is C22H17F3N6O2. The summed E-state index contributed by atoms with van der Waals surface area (Å²) >= 11 is 0. The van der Waals surface area contributed by atoms with Gasteiger partial charge in [0.25, 0.3) is 11.8 Å². The number of primary amides is 1. The van der Waals surface area contributed by atoms with Crippen molar-refractivity contribution in [2.45, 2.75) is 13.1 Å². The molecule has 0 saturated heterocycles. The van der Waals surface area contributed by atoms with Crippen LogP contribution in [0.2, 0.25) is 0 Å². The molecule has 0 aliphatic rings. The first-order valence-corrected chi connectivity index (χ1v) is 9.63. The van der Waals surface area contributed by atoms with Crippen molar-refractivity contribution in [1.82, 2.24) is 19.6 Å². The molecular weight excluding hydrogens is 437 g/mol. The Balaban J connectivity index is 1.59. The number of hydrogen-bond acceptors (Lipinski definition) is 4. The van der Waals surface area contributed by atoms with E-state index in [0.29, 0.717) is 10.4 Å². The third-order valence-electron chi connectivity index (χ3n) is 4.79. The van der Waals surface area contributed by atoms with Crippen molar-refractivity contribution in [1.29, 1.82) is 0 Å². The van der Waals surface area contributed by atoms with Gasteiger partial charge in [-0.05, 0) is 49.4 Å². The van der Waals surface area contributed by atoms with Gasteiger partial charge in [0.1, 0.15) is 5.69 Å². The normalized spacial score (nSPS) is 11.4. The number of carbonyl (C=O) groups excluding carboxylic acids is 2. The molecule has 168 valence electrons. The van der Waals surface area contributed by atoms with Crippen LogP contribution in [0.15, 0.2) is 67.0 Å². The van der Waals surface area contributed by atoms with Crippen molar-refractivity contribution < 1.29 is 22.8 Å². The lowest BCUT2D eigenvalue weighted by atomic mass is 10.2. The molecule has 2 amide bonds. The number of halogens is 3. The summed E-state index contributed by atoms with van der Waals surface area (Å²) in [5, 5.41) is 10.3. The summed E-state index contributed by atoms with van der Waals surface area (Å²) in [6.45, 7) is 1.81. The third-order valence-corrected chi connectivity index (χ3v) is 4.79. The Morgan fingerprint density at radius 2 is 1.61 bits per heavy atom. The van der Waals surface area contributed by atoms with Gasteiger partial charge in [0.05, 0.1) is 23.1 Å². The maximum Gasteiger partial charge on any atom is 0.434 e. The zero-order valence-electron chi connectivity index (χ0n) is 17.2. The predicted octanol–water partition coefficient (Wildman–Crippen LogP) is 3.74. The van der Waals surface area contributed by atoms with E-state index in [1.807, 2.05) is 6.92 Å². The fraction of sp³-hybridized carbons (Fsp3) is 0.0909. The number of aryl methyl sites for hydroxylation is 1. The number of amides is 2. The molecule has 4 rings (SSSR count). The van der Waals surface area contributed by atoms with Gasteiger partial charge >= 0.3 is 6.18 Å². The van der Waals surface area contributed by atoms with E-state index < -0.39 is 29.2 Å². The highest BCUT2D eigenvalue weighted by molar-refractivity contribution is 6.05. The van der Waals surface area contributed by atoms with Gasteiger partial charge in [-0.3, -0.25) is 9.59 Å². The van der Waals surface area contributed by atoms with Crippen LogP contribution in [-0.2, 0) is 6.18 Å². The number of aromatic nitrogens is 4. The second-order valence-corrected chi connectivity index (χ2v) is 7.16. The Bertz CT molecular complexity index is 1320. The molecule has 0 spiro atoms. The number of anilines is 1. The van der Waals surface area contributed by atoms with Crippen LogP contribution in [0.1, 0.15) is 32.1 Å². The lowest BCUT2D eigenvalue weighted by Gasteiger charge is -2.13. The second-order valence-electron chi connectivity index (χ2n) is 7.16. The molecule has 11 heteroatoms. The van der Waals surface area contributed by atoms with Crippen molar-refractivity contribution >= 4 is 17.5 Å². The monoisotopic (exact) mass is 454 g/mol. The molecule has 0 saturated carbocycles. The van der Waals surface area contributed by atoms with Crippen LogP contribution in [0, 0.1) is 6.92 Å². The van der Waals surface area contributed by atoms with Crippen LogP contribution in [0.4, 0.5) is 18.9 Å². The van der Waals surface area contributed by atoms with Gasteiger partial charge in [0.15, 0.2) is 5.69 Å². The molecule has 0 atom stereocenters. The summed E-state index contributed by atoms with van der Waals surface area (Å²) in [6, 6.07) is 13.9. The van der Waals surface area contributed by atoms with Gasteiger partial charge in [-0.2, -0.15) is 23.4 Å². The summed E-state index contributed by atoms with van der Waals surface area (Å²) in [7, 11) is 0. The van der Waals surface area contributed by atoms with Crippen molar-refractivity contribution in [3.8, 4) is 11.4 Å². The van der Waals surface area contributed by atoms with Gasteiger partial charge in [0.2, 0.25) is 0 Å². The Morgan fingerprint density at radius 3 is 2.18 bits per heavy atom. The topological polar surface area (TPSA) is 108 Å². The minimum absolute atomic E-state index is 0.0812. The van der Waals surface area contributed by atoms with E-state index in [9.17, 15) is 22.8 Å². The summed E-state index contributed by atoms with van der Waals surface area (Å²) < 4.78 is 43.6. The van der Waals surface area contributed by atoms with Gasteiger partial charge in [-0.15, -0.1) is 0 Å². The maximum atomic E-state index is 13.8. The first-order valence-electron chi connectivity index (χ1n) is 9.63. The molecule has 0 bridgehead atoms. The molecule has 8 nitrogen and oxygen atoms in total. The van der Waals surface area contributed by atoms with Crippen LogP contribution < -0.4 is 11.1 Å². The minimum Gasteiger partial charge on any atom is -0.364 e. The van der Waals surface area contributed by atoms with Crippen LogP contribution in [0.5, 0.6) is 0 Å². The van der Waals surface area contributed by atoms with E-state index in [1.165, 1.54) is 41.2 Å². The smallest absolute Gasteiger partial charge is 0.364 e. The molecule has 2 heterocycles. The number of benzene rings is 2. The van der Waals surface area contributed by atoms with Gasteiger partial charge in [0, 0.05) is 11.9 Å². The predicted molar refractivity (Wildman–Crippen MR) is 113 cm³/mol. The van der Waals surface area contributed by atoms with Crippen LogP contribution in [-0.4, -0.2) is 31.4 Å². The molecule has 2 aromatic heterocycles. The van der Waals surface area contributed by atoms with Crippen molar-refractivity contribution in [2.75, 3.05) is 5.32 Å². The number of nitrogens with one attached hydrogen (secondary N) is 1. The maximum absolute atomic E-state index is 13.8. The number of nitrogens with zero attached hydrogens (tertiary/aromatic N) is 4. The lowest BCUT2D eigenvalue weighted by Crippen LogP contribution is -2.20. The SMILES string of the molecule is Cc1ccc(-n2ncc(C(=O)Nc3ccc(-n4ccc(C(N)=O)n4)cc3)c2C(F)(F)F)cc1. The van der Waals surface area contributed by atoms with E-state index in [2.05, 4.69) is 15.5 Å². The highest BCUT2D eigenvalue weighted by Gasteiger charge is 2.40. The van der Waals surface area contributed by atoms with Crippen molar-refractivity contribution in [2.24, 2.45) is 5.73 Å². The largest absolute Gasteiger partial charge is 0.434 e. The summed E-state index contributed by atoms with van der Waals surface area (Å²) in [5.74, 6) is -1.63.